The van der Waals surface area contributed by atoms with Crippen molar-refractivity contribution in [2.24, 2.45) is 0 Å². The number of halogens is 3. The third kappa shape index (κ3) is 6.70. The molecule has 0 saturated carbocycles. The minimum Gasteiger partial charge on any atom is -0.475 e. The van der Waals surface area contributed by atoms with Crippen LogP contribution < -0.4 is 5.32 Å². The Balaban J connectivity index is 0.000000345. The van der Waals surface area contributed by atoms with E-state index in [0.29, 0.717) is 18.1 Å². The summed E-state index contributed by atoms with van der Waals surface area (Å²) in [4.78, 5) is 23.1. The lowest BCUT2D eigenvalue weighted by atomic mass is 10.3. The first kappa shape index (κ1) is 21.4. The van der Waals surface area contributed by atoms with Crippen LogP contribution >= 0.6 is 0 Å². The molecule has 0 aromatic carbocycles. The number of aliphatic carboxylic acids is 1. The number of hydrogen-bond acceptors (Lipinski definition) is 7. The number of carbonyl (C=O) groups is 2. The maximum atomic E-state index is 12.0. The van der Waals surface area contributed by atoms with Crippen molar-refractivity contribution in [2.45, 2.75) is 6.18 Å². The highest BCUT2D eigenvalue weighted by molar-refractivity contribution is 5.92. The molecule has 1 aliphatic rings. The quantitative estimate of drug-likeness (QED) is 0.771. The molecule has 0 unspecified atom stereocenters. The number of carbonyl (C=O) groups excluding carboxylic acids is 1. The molecular weight excluding hydrogens is 387 g/mol. The fraction of sp³-hybridized carbons (Fsp3) is 0.438. The highest BCUT2D eigenvalue weighted by atomic mass is 19.4. The van der Waals surface area contributed by atoms with Gasteiger partial charge in [0.15, 0.2) is 11.5 Å². The standard InChI is InChI=1S/C14H17N3O4.C2HF3O2/c18-14(15-3-4-17-5-8-19-9-6-17)11-10-13(21-16-11)12-2-1-7-20-12;3-2(4,5)1(6)7/h1-2,7,10H,3-6,8-9H2,(H,15,18);(H,6,7). The highest BCUT2D eigenvalue weighted by Crippen LogP contribution is 2.20. The number of carboxylic acids is 1. The van der Waals surface area contributed by atoms with Crippen LogP contribution in [0.1, 0.15) is 10.5 Å². The first-order chi connectivity index (χ1) is 13.3. The predicted octanol–water partition coefficient (Wildman–Crippen LogP) is 1.63. The van der Waals surface area contributed by atoms with Crippen LogP contribution in [0.15, 0.2) is 33.4 Å². The van der Waals surface area contributed by atoms with Gasteiger partial charge in [0.1, 0.15) is 0 Å². The van der Waals surface area contributed by atoms with Gasteiger partial charge in [-0.2, -0.15) is 13.2 Å². The molecule has 1 fully saturated rings. The summed E-state index contributed by atoms with van der Waals surface area (Å²) in [5.41, 5.74) is 0.253. The van der Waals surface area contributed by atoms with E-state index in [4.69, 9.17) is 23.6 Å². The summed E-state index contributed by atoms with van der Waals surface area (Å²) in [7, 11) is 0. The average molecular weight is 405 g/mol. The maximum absolute atomic E-state index is 12.0. The number of carboxylic acid groups (broad SMARTS) is 1. The van der Waals surface area contributed by atoms with Crippen LogP contribution in [0.5, 0.6) is 0 Å². The van der Waals surface area contributed by atoms with Gasteiger partial charge >= 0.3 is 12.1 Å². The fourth-order valence-electron chi connectivity index (χ4n) is 2.16. The summed E-state index contributed by atoms with van der Waals surface area (Å²) in [6.45, 7) is 4.69. The number of aromatic nitrogens is 1. The fourth-order valence-corrected chi connectivity index (χ4v) is 2.16. The number of alkyl halides is 3. The lowest BCUT2D eigenvalue weighted by molar-refractivity contribution is -0.192. The minimum absolute atomic E-state index is 0.246. The molecular formula is C16H18F3N3O6. The Morgan fingerprint density at radius 1 is 1.25 bits per heavy atom. The molecule has 3 rings (SSSR count). The van der Waals surface area contributed by atoms with E-state index in [1.165, 1.54) is 0 Å². The van der Waals surface area contributed by atoms with Crippen molar-refractivity contribution in [2.75, 3.05) is 39.4 Å². The van der Waals surface area contributed by atoms with Crippen LogP contribution in [0.4, 0.5) is 13.2 Å². The Labute approximate surface area is 157 Å². The van der Waals surface area contributed by atoms with Gasteiger partial charge in [-0.25, -0.2) is 4.79 Å². The first-order valence-electron chi connectivity index (χ1n) is 8.16. The second-order valence-corrected chi connectivity index (χ2v) is 5.57. The summed E-state index contributed by atoms with van der Waals surface area (Å²) >= 11 is 0. The molecule has 0 bridgehead atoms. The Hall–Kier alpha value is -2.86. The van der Waals surface area contributed by atoms with Gasteiger partial charge in [-0.15, -0.1) is 0 Å². The molecule has 1 amide bonds. The SMILES string of the molecule is O=C(NCCN1CCOCC1)c1cc(-c2ccco2)on1.O=C(O)C(F)(F)F. The number of morpholine rings is 1. The zero-order chi connectivity index (χ0) is 20.6. The Morgan fingerprint density at radius 3 is 2.50 bits per heavy atom. The van der Waals surface area contributed by atoms with E-state index in [2.05, 4.69) is 15.4 Å². The normalized spacial score (nSPS) is 14.8. The zero-order valence-electron chi connectivity index (χ0n) is 14.6. The van der Waals surface area contributed by atoms with Crippen LogP contribution in [-0.2, 0) is 9.53 Å². The smallest absolute Gasteiger partial charge is 0.475 e. The van der Waals surface area contributed by atoms with Crippen molar-refractivity contribution in [3.8, 4) is 11.5 Å². The van der Waals surface area contributed by atoms with Crippen LogP contribution in [0.25, 0.3) is 11.5 Å². The molecule has 28 heavy (non-hydrogen) atoms. The summed E-state index contributed by atoms with van der Waals surface area (Å²) in [6, 6.07) is 5.07. The molecule has 0 spiro atoms. The maximum Gasteiger partial charge on any atom is 0.490 e. The number of nitrogens with one attached hydrogen (secondary N) is 1. The third-order valence-electron chi connectivity index (χ3n) is 3.57. The molecule has 3 heterocycles. The van der Waals surface area contributed by atoms with Gasteiger partial charge < -0.3 is 24.1 Å². The lowest BCUT2D eigenvalue weighted by Crippen LogP contribution is -2.41. The molecule has 9 nitrogen and oxygen atoms in total. The van der Waals surface area contributed by atoms with E-state index in [0.717, 1.165) is 32.8 Å². The van der Waals surface area contributed by atoms with Gasteiger partial charge in [-0.1, -0.05) is 5.16 Å². The van der Waals surface area contributed by atoms with Crippen molar-refractivity contribution in [3.63, 3.8) is 0 Å². The van der Waals surface area contributed by atoms with E-state index >= 15 is 0 Å². The van der Waals surface area contributed by atoms with E-state index in [-0.39, 0.29) is 11.6 Å². The summed E-state index contributed by atoms with van der Waals surface area (Å²) < 4.78 is 47.3. The predicted molar refractivity (Wildman–Crippen MR) is 87.5 cm³/mol. The average Bonchev–Trinajstić information content (AvgIpc) is 3.34. The Bertz CT molecular complexity index is 754. The molecule has 2 N–H and O–H groups in total. The molecule has 1 aliphatic heterocycles. The van der Waals surface area contributed by atoms with Crippen LogP contribution in [0.2, 0.25) is 0 Å². The van der Waals surface area contributed by atoms with Crippen LogP contribution in [0, 0.1) is 0 Å². The van der Waals surface area contributed by atoms with Crippen molar-refractivity contribution in [1.29, 1.82) is 0 Å². The highest BCUT2D eigenvalue weighted by Gasteiger charge is 2.38. The molecule has 0 aliphatic carbocycles. The van der Waals surface area contributed by atoms with Gasteiger partial charge in [0.05, 0.1) is 19.5 Å². The van der Waals surface area contributed by atoms with Gasteiger partial charge in [0.25, 0.3) is 5.91 Å². The van der Waals surface area contributed by atoms with Crippen molar-refractivity contribution in [1.82, 2.24) is 15.4 Å². The third-order valence-corrected chi connectivity index (χ3v) is 3.57. The molecule has 12 heteroatoms. The summed E-state index contributed by atoms with van der Waals surface area (Å²) in [5, 5.41) is 13.7. The lowest BCUT2D eigenvalue weighted by Gasteiger charge is -2.26. The topological polar surface area (TPSA) is 118 Å². The molecule has 1 saturated heterocycles. The van der Waals surface area contributed by atoms with Crippen molar-refractivity contribution >= 4 is 11.9 Å². The number of rotatable bonds is 5. The monoisotopic (exact) mass is 405 g/mol. The Morgan fingerprint density at radius 2 is 1.93 bits per heavy atom. The number of amides is 1. The van der Waals surface area contributed by atoms with E-state index in [1.807, 2.05) is 0 Å². The van der Waals surface area contributed by atoms with Crippen molar-refractivity contribution < 1.29 is 41.5 Å². The van der Waals surface area contributed by atoms with Crippen molar-refractivity contribution in [3.05, 3.63) is 30.2 Å². The molecule has 2 aromatic rings. The van der Waals surface area contributed by atoms with E-state index in [1.54, 1.807) is 24.5 Å². The van der Waals surface area contributed by atoms with Gasteiger partial charge in [-0.3, -0.25) is 9.69 Å². The van der Waals surface area contributed by atoms with Gasteiger partial charge in [0.2, 0.25) is 5.76 Å². The molecule has 2 aromatic heterocycles. The number of hydrogen-bond donors (Lipinski definition) is 2. The number of ether oxygens (including phenoxy) is 1. The number of furan rings is 1. The summed E-state index contributed by atoms with van der Waals surface area (Å²) in [5.74, 6) is -2.01. The Kier molecular flexibility index (Phi) is 7.58. The second kappa shape index (κ2) is 9.90. The van der Waals surface area contributed by atoms with Gasteiger partial charge in [0, 0.05) is 32.2 Å². The molecule has 154 valence electrons. The largest absolute Gasteiger partial charge is 0.490 e. The van der Waals surface area contributed by atoms with E-state index in [9.17, 15) is 18.0 Å². The second-order valence-electron chi connectivity index (χ2n) is 5.57. The molecule has 0 atom stereocenters. The van der Waals surface area contributed by atoms with Crippen LogP contribution in [0.3, 0.4) is 0 Å². The zero-order valence-corrected chi connectivity index (χ0v) is 14.6. The first-order valence-corrected chi connectivity index (χ1v) is 8.16. The minimum atomic E-state index is -5.08. The van der Waals surface area contributed by atoms with Crippen LogP contribution in [-0.4, -0.2) is 72.6 Å². The van der Waals surface area contributed by atoms with E-state index < -0.39 is 12.1 Å². The van der Waals surface area contributed by atoms with Gasteiger partial charge in [-0.05, 0) is 12.1 Å². The molecule has 0 radical (unpaired) electrons. The number of nitrogens with zero attached hydrogens (tertiary/aromatic N) is 2. The summed E-state index contributed by atoms with van der Waals surface area (Å²) in [6.07, 6.45) is -3.54.